The first-order chi connectivity index (χ1) is 13.8. The van der Waals surface area contributed by atoms with Crippen molar-refractivity contribution in [2.75, 3.05) is 15.8 Å². The van der Waals surface area contributed by atoms with E-state index in [0.29, 0.717) is 23.5 Å². The number of hydrogen-bond acceptors (Lipinski definition) is 5. The highest BCUT2D eigenvalue weighted by Crippen LogP contribution is 2.19. The number of rotatable bonds is 7. The highest BCUT2D eigenvalue weighted by Gasteiger charge is 2.18. The van der Waals surface area contributed by atoms with Gasteiger partial charge in [-0.05, 0) is 55.8 Å². The summed E-state index contributed by atoms with van der Waals surface area (Å²) in [4.78, 5) is 12.6. The van der Waals surface area contributed by atoms with Crippen LogP contribution in [0.1, 0.15) is 29.5 Å². The van der Waals surface area contributed by atoms with Gasteiger partial charge in [-0.1, -0.05) is 34.1 Å². The van der Waals surface area contributed by atoms with Gasteiger partial charge in [0, 0.05) is 15.8 Å². The van der Waals surface area contributed by atoms with Crippen LogP contribution in [0, 0.1) is 6.92 Å². The maximum absolute atomic E-state index is 12.6. The smallest absolute Gasteiger partial charge is 0.278 e. The molecule has 3 aromatic rings. The molecule has 0 aliphatic rings. The Morgan fingerprint density at radius 1 is 1.14 bits per heavy atom. The fraction of sp³-hybridized carbons (Fsp3) is 0.211. The summed E-state index contributed by atoms with van der Waals surface area (Å²) in [6.07, 6.45) is 0.531. The standard InChI is InChI=1S/C19H20BrN5O3S/c1-3-11-29(27,28)23-16-9-7-15(8-10-16)21-19(26)18-13(2)25(24-22-18)17-6-4-5-14(20)12-17/h4-10,12,23H,3,11H2,1-2H3,(H,21,26). The largest absolute Gasteiger partial charge is 0.321 e. The van der Waals surface area contributed by atoms with Gasteiger partial charge in [-0.15, -0.1) is 5.10 Å². The molecule has 0 aliphatic heterocycles. The highest BCUT2D eigenvalue weighted by molar-refractivity contribution is 9.10. The molecule has 8 nitrogen and oxygen atoms in total. The van der Waals surface area contributed by atoms with Gasteiger partial charge in [0.25, 0.3) is 5.91 Å². The van der Waals surface area contributed by atoms with Gasteiger partial charge in [-0.2, -0.15) is 0 Å². The van der Waals surface area contributed by atoms with Crippen LogP contribution in [0.15, 0.2) is 53.0 Å². The van der Waals surface area contributed by atoms with Crippen LogP contribution in [0.3, 0.4) is 0 Å². The van der Waals surface area contributed by atoms with Crippen LogP contribution in [0.2, 0.25) is 0 Å². The Morgan fingerprint density at radius 3 is 2.48 bits per heavy atom. The summed E-state index contributed by atoms with van der Waals surface area (Å²) < 4.78 is 28.6. The molecule has 1 aromatic heterocycles. The summed E-state index contributed by atoms with van der Waals surface area (Å²) >= 11 is 3.41. The van der Waals surface area contributed by atoms with E-state index in [2.05, 4.69) is 36.3 Å². The van der Waals surface area contributed by atoms with E-state index in [1.54, 1.807) is 42.8 Å². The van der Waals surface area contributed by atoms with Crippen LogP contribution in [0.25, 0.3) is 5.69 Å². The average Bonchev–Trinajstić information content (AvgIpc) is 3.04. The molecule has 1 amide bonds. The molecule has 10 heteroatoms. The van der Waals surface area contributed by atoms with Crippen molar-refractivity contribution < 1.29 is 13.2 Å². The van der Waals surface area contributed by atoms with Crippen molar-refractivity contribution in [1.29, 1.82) is 0 Å². The molecule has 152 valence electrons. The van der Waals surface area contributed by atoms with E-state index in [1.165, 1.54) is 0 Å². The summed E-state index contributed by atoms with van der Waals surface area (Å²) in [6, 6.07) is 13.9. The molecule has 0 unspecified atom stereocenters. The third-order valence-corrected chi connectivity index (χ3v) is 6.04. The number of nitrogens with one attached hydrogen (secondary N) is 2. The van der Waals surface area contributed by atoms with Gasteiger partial charge in [-0.25, -0.2) is 13.1 Å². The summed E-state index contributed by atoms with van der Waals surface area (Å²) in [5, 5.41) is 10.8. The first-order valence-corrected chi connectivity index (χ1v) is 11.3. The van der Waals surface area contributed by atoms with Gasteiger partial charge < -0.3 is 5.32 Å². The highest BCUT2D eigenvalue weighted by atomic mass is 79.9. The molecule has 2 aromatic carbocycles. The lowest BCUT2D eigenvalue weighted by atomic mass is 10.2. The molecule has 0 saturated carbocycles. The Hall–Kier alpha value is -2.72. The van der Waals surface area contributed by atoms with E-state index in [4.69, 9.17) is 0 Å². The third-order valence-electron chi connectivity index (χ3n) is 4.05. The van der Waals surface area contributed by atoms with Gasteiger partial charge in [0.1, 0.15) is 0 Å². The quantitative estimate of drug-likeness (QED) is 0.538. The van der Waals surface area contributed by atoms with Crippen LogP contribution >= 0.6 is 15.9 Å². The molecule has 0 spiro atoms. The van der Waals surface area contributed by atoms with Crippen LogP contribution in [0.4, 0.5) is 11.4 Å². The number of amides is 1. The minimum atomic E-state index is -3.36. The predicted octanol–water partition coefficient (Wildman–Crippen LogP) is 3.74. The number of hydrogen-bond donors (Lipinski definition) is 2. The molecule has 0 bridgehead atoms. The molecule has 0 atom stereocenters. The second-order valence-electron chi connectivity index (χ2n) is 6.37. The maximum Gasteiger partial charge on any atom is 0.278 e. The normalized spacial score (nSPS) is 11.3. The van der Waals surface area contributed by atoms with Crippen molar-refractivity contribution in [2.24, 2.45) is 0 Å². The molecule has 29 heavy (non-hydrogen) atoms. The zero-order chi connectivity index (χ0) is 21.0. The summed E-state index contributed by atoms with van der Waals surface area (Å²) in [5.74, 6) is -0.346. The summed E-state index contributed by atoms with van der Waals surface area (Å²) in [6.45, 7) is 3.56. The fourth-order valence-electron chi connectivity index (χ4n) is 2.70. The molecule has 0 radical (unpaired) electrons. The van der Waals surface area contributed by atoms with E-state index >= 15 is 0 Å². The Morgan fingerprint density at radius 2 is 1.83 bits per heavy atom. The zero-order valence-corrected chi connectivity index (χ0v) is 18.3. The number of carbonyl (C=O) groups is 1. The zero-order valence-electron chi connectivity index (χ0n) is 15.9. The molecule has 3 rings (SSSR count). The Balaban J connectivity index is 1.72. The second kappa shape index (κ2) is 8.75. The summed E-state index contributed by atoms with van der Waals surface area (Å²) in [5.41, 5.74) is 2.55. The van der Waals surface area contributed by atoms with Crippen molar-refractivity contribution in [2.45, 2.75) is 20.3 Å². The number of carbonyl (C=O) groups excluding carboxylic acids is 1. The van der Waals surface area contributed by atoms with Gasteiger partial charge in [0.15, 0.2) is 5.69 Å². The van der Waals surface area contributed by atoms with Crippen molar-refractivity contribution >= 4 is 43.2 Å². The minimum Gasteiger partial charge on any atom is -0.321 e. The summed E-state index contributed by atoms with van der Waals surface area (Å²) in [7, 11) is -3.36. The second-order valence-corrected chi connectivity index (χ2v) is 9.13. The molecule has 2 N–H and O–H groups in total. The number of nitrogens with zero attached hydrogens (tertiary/aromatic N) is 3. The van der Waals surface area contributed by atoms with Gasteiger partial charge in [-0.3, -0.25) is 9.52 Å². The lowest BCUT2D eigenvalue weighted by Gasteiger charge is -2.09. The average molecular weight is 478 g/mol. The van der Waals surface area contributed by atoms with E-state index in [1.807, 2.05) is 24.3 Å². The van der Waals surface area contributed by atoms with Gasteiger partial charge in [0.05, 0.1) is 17.1 Å². The van der Waals surface area contributed by atoms with Gasteiger partial charge >= 0.3 is 0 Å². The molecule has 0 aliphatic carbocycles. The van der Waals surface area contributed by atoms with E-state index < -0.39 is 15.9 Å². The topological polar surface area (TPSA) is 106 Å². The first kappa shape index (κ1) is 21.0. The number of anilines is 2. The Bertz CT molecular complexity index is 1130. The molecule has 0 fully saturated rings. The molecule has 0 saturated heterocycles. The van der Waals surface area contributed by atoms with Crippen molar-refractivity contribution in [3.63, 3.8) is 0 Å². The van der Waals surface area contributed by atoms with Crippen molar-refractivity contribution in [3.05, 3.63) is 64.4 Å². The van der Waals surface area contributed by atoms with E-state index in [-0.39, 0.29) is 11.4 Å². The predicted molar refractivity (Wildman–Crippen MR) is 116 cm³/mol. The SMILES string of the molecule is CCCS(=O)(=O)Nc1ccc(NC(=O)c2nnn(-c3cccc(Br)c3)c2C)cc1. The van der Waals surface area contributed by atoms with Crippen LogP contribution in [0.5, 0.6) is 0 Å². The molecular weight excluding hydrogens is 458 g/mol. The van der Waals surface area contributed by atoms with Gasteiger partial charge in [0.2, 0.25) is 10.0 Å². The Kier molecular flexibility index (Phi) is 6.33. The minimum absolute atomic E-state index is 0.0540. The number of aromatic nitrogens is 3. The monoisotopic (exact) mass is 477 g/mol. The van der Waals surface area contributed by atoms with Crippen LogP contribution in [-0.4, -0.2) is 35.1 Å². The number of sulfonamides is 1. The Labute approximate surface area is 177 Å². The fourth-order valence-corrected chi connectivity index (χ4v) is 4.23. The van der Waals surface area contributed by atoms with E-state index in [0.717, 1.165) is 10.2 Å². The van der Waals surface area contributed by atoms with Crippen molar-refractivity contribution in [1.82, 2.24) is 15.0 Å². The lowest BCUT2D eigenvalue weighted by Crippen LogP contribution is -2.16. The maximum atomic E-state index is 12.6. The first-order valence-electron chi connectivity index (χ1n) is 8.89. The van der Waals surface area contributed by atoms with Crippen LogP contribution in [-0.2, 0) is 10.0 Å². The van der Waals surface area contributed by atoms with Crippen molar-refractivity contribution in [3.8, 4) is 5.69 Å². The number of halogens is 1. The molecular formula is C19H20BrN5O3S. The lowest BCUT2D eigenvalue weighted by molar-refractivity contribution is 0.102. The number of benzene rings is 2. The third kappa shape index (κ3) is 5.21. The van der Waals surface area contributed by atoms with Crippen LogP contribution < -0.4 is 10.0 Å². The molecule has 1 heterocycles. The van der Waals surface area contributed by atoms with E-state index in [9.17, 15) is 13.2 Å².